The maximum Gasteiger partial charge on any atom is 0.305 e. The number of β-amino-alcohol motifs (C(OH)–C–C–N with tert-alkyl or cyclic N) is 1. The molecule has 1 aromatic rings. The Kier molecular flexibility index (Phi) is 2.80. The number of aliphatic hydroxyl groups is 1. The molecule has 1 saturated heterocycles. The smallest absolute Gasteiger partial charge is 0.305 e. The van der Waals surface area contributed by atoms with Gasteiger partial charge in [0.05, 0.1) is 10.5 Å². The largest absolute Gasteiger partial charge is 0.387 e. The summed E-state index contributed by atoms with van der Waals surface area (Å²) in [6, 6.07) is 1.61. The van der Waals surface area contributed by atoms with Crippen LogP contribution in [0.15, 0.2) is 12.1 Å². The predicted molar refractivity (Wildman–Crippen MR) is 54.5 cm³/mol. The molecule has 0 aliphatic carbocycles. The Morgan fingerprint density at radius 2 is 2.12 bits per heavy atom. The number of benzene rings is 1. The fourth-order valence-electron chi connectivity index (χ4n) is 1.76. The first-order valence-corrected chi connectivity index (χ1v) is 4.97. The van der Waals surface area contributed by atoms with Gasteiger partial charge in [0.25, 0.3) is 0 Å². The number of nitro benzene ring substituents is 1. The highest BCUT2D eigenvalue weighted by molar-refractivity contribution is 5.38. The minimum Gasteiger partial charge on any atom is -0.387 e. The third-order valence-corrected chi connectivity index (χ3v) is 2.78. The lowest BCUT2D eigenvalue weighted by molar-refractivity contribution is -0.387. The number of nitrogens with one attached hydrogen (secondary N) is 1. The number of halogens is 2. The van der Waals surface area contributed by atoms with Gasteiger partial charge in [-0.15, -0.1) is 0 Å². The molecule has 1 aliphatic rings. The third kappa shape index (κ3) is 2.11. The topological polar surface area (TPSA) is 75.4 Å². The van der Waals surface area contributed by atoms with Gasteiger partial charge in [0, 0.05) is 31.1 Å². The quantitative estimate of drug-likeness (QED) is 0.607. The second-order valence-electron chi connectivity index (χ2n) is 4.12. The number of nitro groups is 1. The molecular formula is C10H10F2N2O3. The van der Waals surface area contributed by atoms with E-state index in [2.05, 4.69) is 5.32 Å². The van der Waals surface area contributed by atoms with Crippen LogP contribution < -0.4 is 5.32 Å². The molecule has 0 saturated carbocycles. The summed E-state index contributed by atoms with van der Waals surface area (Å²) in [6.07, 6.45) is -0.278. The van der Waals surface area contributed by atoms with Crippen LogP contribution >= 0.6 is 0 Å². The molecule has 1 fully saturated rings. The van der Waals surface area contributed by atoms with E-state index in [-0.39, 0.29) is 19.5 Å². The minimum absolute atomic E-state index is 0.217. The molecule has 1 heterocycles. The molecule has 0 atom stereocenters. The summed E-state index contributed by atoms with van der Waals surface area (Å²) in [6.45, 7) is 0.434. The second-order valence-corrected chi connectivity index (χ2v) is 4.12. The van der Waals surface area contributed by atoms with Crippen molar-refractivity contribution in [2.24, 2.45) is 0 Å². The Morgan fingerprint density at radius 3 is 2.59 bits per heavy atom. The van der Waals surface area contributed by atoms with Crippen LogP contribution in [0, 0.1) is 21.7 Å². The standard InChI is InChI=1S/C10H10F2N2O3/c11-7-1-2-8(14(16)17)9(12)6(7)3-10(15)4-13-5-10/h1-2,13,15H,3-5H2. The highest BCUT2D eigenvalue weighted by Gasteiger charge is 2.37. The molecule has 1 aromatic carbocycles. The molecule has 2 rings (SSSR count). The lowest BCUT2D eigenvalue weighted by Crippen LogP contribution is -2.60. The van der Waals surface area contributed by atoms with Gasteiger partial charge >= 0.3 is 5.69 Å². The van der Waals surface area contributed by atoms with Crippen molar-refractivity contribution in [1.29, 1.82) is 0 Å². The molecule has 0 bridgehead atoms. The van der Waals surface area contributed by atoms with Gasteiger partial charge in [-0.2, -0.15) is 4.39 Å². The zero-order valence-electron chi connectivity index (χ0n) is 8.74. The maximum absolute atomic E-state index is 13.7. The average Bonchev–Trinajstić information content (AvgIpc) is 2.21. The molecule has 2 N–H and O–H groups in total. The van der Waals surface area contributed by atoms with Gasteiger partial charge in [-0.25, -0.2) is 4.39 Å². The Hall–Kier alpha value is -1.60. The Bertz CT molecular complexity index is 475. The Labute approximate surface area is 95.2 Å². The zero-order valence-corrected chi connectivity index (χ0v) is 8.74. The van der Waals surface area contributed by atoms with E-state index < -0.39 is 33.4 Å². The lowest BCUT2D eigenvalue weighted by Gasteiger charge is -2.37. The van der Waals surface area contributed by atoms with Crippen LogP contribution in [0.3, 0.4) is 0 Å². The van der Waals surface area contributed by atoms with Crippen LogP contribution in [0.25, 0.3) is 0 Å². The normalized spacial score (nSPS) is 17.6. The van der Waals surface area contributed by atoms with E-state index in [1.165, 1.54) is 0 Å². The third-order valence-electron chi connectivity index (χ3n) is 2.78. The van der Waals surface area contributed by atoms with E-state index in [0.29, 0.717) is 0 Å². The van der Waals surface area contributed by atoms with Crippen LogP contribution in [-0.4, -0.2) is 28.7 Å². The first-order chi connectivity index (χ1) is 7.93. The fraction of sp³-hybridized carbons (Fsp3) is 0.400. The van der Waals surface area contributed by atoms with Crippen molar-refractivity contribution >= 4 is 5.69 Å². The van der Waals surface area contributed by atoms with Gasteiger partial charge in [0.15, 0.2) is 0 Å². The highest BCUT2D eigenvalue weighted by Crippen LogP contribution is 2.27. The summed E-state index contributed by atoms with van der Waals surface area (Å²) in [5.41, 5.74) is -2.45. The van der Waals surface area contributed by atoms with E-state index in [4.69, 9.17) is 0 Å². The van der Waals surface area contributed by atoms with Gasteiger partial charge < -0.3 is 10.4 Å². The summed E-state index contributed by atoms with van der Waals surface area (Å²) in [5, 5.41) is 23.0. The van der Waals surface area contributed by atoms with E-state index in [0.717, 1.165) is 12.1 Å². The highest BCUT2D eigenvalue weighted by atomic mass is 19.1. The van der Waals surface area contributed by atoms with Crippen LogP contribution in [0.5, 0.6) is 0 Å². The zero-order chi connectivity index (χ0) is 12.6. The van der Waals surface area contributed by atoms with Crippen molar-refractivity contribution in [2.75, 3.05) is 13.1 Å². The minimum atomic E-state index is -1.23. The molecule has 92 valence electrons. The molecular weight excluding hydrogens is 234 g/mol. The van der Waals surface area contributed by atoms with Crippen molar-refractivity contribution in [3.8, 4) is 0 Å². The summed E-state index contributed by atoms with van der Waals surface area (Å²) >= 11 is 0. The first-order valence-electron chi connectivity index (χ1n) is 4.97. The SMILES string of the molecule is O=[N+]([O-])c1ccc(F)c(CC2(O)CNC2)c1F. The average molecular weight is 244 g/mol. The van der Waals surface area contributed by atoms with Gasteiger partial charge in [-0.1, -0.05) is 0 Å². The van der Waals surface area contributed by atoms with E-state index in [1.807, 2.05) is 0 Å². The molecule has 0 unspecified atom stereocenters. The predicted octanol–water partition coefficient (Wildman–Crippen LogP) is 0.750. The van der Waals surface area contributed by atoms with Crippen molar-refractivity contribution in [1.82, 2.24) is 5.32 Å². The Morgan fingerprint density at radius 1 is 1.47 bits per heavy atom. The number of rotatable bonds is 3. The summed E-state index contributed by atoms with van der Waals surface area (Å²) < 4.78 is 27.1. The van der Waals surface area contributed by atoms with E-state index in [9.17, 15) is 24.0 Å². The Balaban J connectivity index is 2.38. The summed E-state index contributed by atoms with van der Waals surface area (Å²) in [5.74, 6) is -2.09. The van der Waals surface area contributed by atoms with E-state index >= 15 is 0 Å². The molecule has 17 heavy (non-hydrogen) atoms. The van der Waals surface area contributed by atoms with Gasteiger partial charge in [-0.3, -0.25) is 10.1 Å². The summed E-state index contributed by atoms with van der Waals surface area (Å²) in [7, 11) is 0. The molecule has 5 nitrogen and oxygen atoms in total. The molecule has 0 spiro atoms. The number of hydrogen-bond donors (Lipinski definition) is 2. The second kappa shape index (κ2) is 4.01. The number of nitrogens with zero attached hydrogens (tertiary/aromatic N) is 1. The monoisotopic (exact) mass is 244 g/mol. The van der Waals surface area contributed by atoms with E-state index in [1.54, 1.807) is 0 Å². The van der Waals surface area contributed by atoms with Crippen molar-refractivity contribution in [2.45, 2.75) is 12.0 Å². The van der Waals surface area contributed by atoms with Gasteiger partial charge in [-0.05, 0) is 6.07 Å². The van der Waals surface area contributed by atoms with Crippen LogP contribution in [0.4, 0.5) is 14.5 Å². The first kappa shape index (κ1) is 11.9. The van der Waals surface area contributed by atoms with Crippen LogP contribution in [0.2, 0.25) is 0 Å². The van der Waals surface area contributed by atoms with Crippen LogP contribution in [-0.2, 0) is 6.42 Å². The van der Waals surface area contributed by atoms with Gasteiger partial charge in [0.2, 0.25) is 5.82 Å². The van der Waals surface area contributed by atoms with Crippen molar-refractivity contribution < 1.29 is 18.8 Å². The molecule has 0 amide bonds. The van der Waals surface area contributed by atoms with Crippen molar-refractivity contribution in [3.63, 3.8) is 0 Å². The van der Waals surface area contributed by atoms with Crippen molar-refractivity contribution in [3.05, 3.63) is 39.4 Å². The molecule has 0 radical (unpaired) electrons. The fourth-order valence-corrected chi connectivity index (χ4v) is 1.76. The molecule has 7 heteroatoms. The van der Waals surface area contributed by atoms with Gasteiger partial charge in [0.1, 0.15) is 5.82 Å². The molecule has 1 aliphatic heterocycles. The maximum atomic E-state index is 13.7. The lowest BCUT2D eigenvalue weighted by atomic mass is 9.88. The number of hydrogen-bond acceptors (Lipinski definition) is 4. The molecule has 0 aromatic heterocycles. The van der Waals surface area contributed by atoms with Crippen LogP contribution in [0.1, 0.15) is 5.56 Å². The summed E-state index contributed by atoms with van der Waals surface area (Å²) in [4.78, 5) is 9.59.